The maximum atomic E-state index is 11.5. The minimum Gasteiger partial charge on any atom is -0.361 e. The molecule has 0 radical (unpaired) electrons. The summed E-state index contributed by atoms with van der Waals surface area (Å²) in [6.45, 7) is 6.59. The molecule has 4 nitrogen and oxygen atoms in total. The Hall–Kier alpha value is -1.62. The van der Waals surface area contributed by atoms with E-state index in [-0.39, 0.29) is 11.9 Å². The third-order valence-corrected chi connectivity index (χ3v) is 3.62. The van der Waals surface area contributed by atoms with Crippen LogP contribution in [0.5, 0.6) is 0 Å². The fourth-order valence-electron chi connectivity index (χ4n) is 1.79. The van der Waals surface area contributed by atoms with Crippen LogP contribution < -0.4 is 10.6 Å². The van der Waals surface area contributed by atoms with Gasteiger partial charge in [-0.15, -0.1) is 0 Å². The van der Waals surface area contributed by atoms with E-state index in [1.54, 1.807) is 11.3 Å². The normalized spacial score (nSPS) is 10.9. The van der Waals surface area contributed by atoms with Crippen LogP contribution in [0.2, 0.25) is 0 Å². The molecule has 1 aromatic heterocycles. The second-order valence-corrected chi connectivity index (χ2v) is 5.92. The second-order valence-electron chi connectivity index (χ2n) is 4.89. The Morgan fingerprint density at radius 1 is 1.42 bits per heavy atom. The van der Waals surface area contributed by atoms with Crippen molar-refractivity contribution in [2.75, 3.05) is 11.9 Å². The van der Waals surface area contributed by atoms with Crippen molar-refractivity contribution in [3.8, 4) is 0 Å². The van der Waals surface area contributed by atoms with Gasteiger partial charge in [0, 0.05) is 19.0 Å². The zero-order valence-corrected chi connectivity index (χ0v) is 12.3. The van der Waals surface area contributed by atoms with E-state index in [1.807, 2.05) is 13.8 Å². The van der Waals surface area contributed by atoms with Gasteiger partial charge in [0.05, 0.1) is 10.2 Å². The number of carbonyl (C=O) groups is 1. The van der Waals surface area contributed by atoms with Gasteiger partial charge in [-0.25, -0.2) is 4.98 Å². The molecule has 1 amide bonds. The Bertz CT molecular complexity index is 577. The van der Waals surface area contributed by atoms with Crippen LogP contribution in [-0.2, 0) is 4.79 Å². The molecule has 2 aromatic rings. The molecule has 0 bridgehead atoms. The van der Waals surface area contributed by atoms with Crippen LogP contribution in [0, 0.1) is 6.92 Å². The number of fused-ring (bicyclic) bond motifs is 1. The van der Waals surface area contributed by atoms with Gasteiger partial charge in [0.1, 0.15) is 0 Å². The van der Waals surface area contributed by atoms with E-state index in [1.165, 1.54) is 10.3 Å². The maximum Gasteiger partial charge on any atom is 0.221 e. The summed E-state index contributed by atoms with van der Waals surface area (Å²) >= 11 is 1.62. The zero-order chi connectivity index (χ0) is 13.8. The molecule has 0 aliphatic rings. The molecule has 5 heteroatoms. The molecular formula is C14H19N3OS. The number of nitrogens with one attached hydrogen (secondary N) is 2. The molecule has 1 aromatic carbocycles. The minimum absolute atomic E-state index is 0.0689. The van der Waals surface area contributed by atoms with Crippen molar-refractivity contribution in [2.24, 2.45) is 0 Å². The third-order valence-electron chi connectivity index (χ3n) is 2.62. The number of benzene rings is 1. The number of anilines is 1. The smallest absolute Gasteiger partial charge is 0.221 e. The summed E-state index contributed by atoms with van der Waals surface area (Å²) in [4.78, 5) is 16.0. The van der Waals surface area contributed by atoms with Crippen molar-refractivity contribution in [3.63, 3.8) is 0 Å². The summed E-state index contributed by atoms with van der Waals surface area (Å²) in [6.07, 6.45) is 0.465. The number of aromatic nitrogens is 1. The molecule has 1 heterocycles. The van der Waals surface area contributed by atoms with Gasteiger partial charge in [0.15, 0.2) is 5.13 Å². The molecule has 0 aliphatic heterocycles. The van der Waals surface area contributed by atoms with Crippen molar-refractivity contribution < 1.29 is 4.79 Å². The molecule has 0 aliphatic carbocycles. The molecule has 0 saturated heterocycles. The summed E-state index contributed by atoms with van der Waals surface area (Å²) in [5.41, 5.74) is 2.22. The van der Waals surface area contributed by atoms with E-state index < -0.39 is 0 Å². The highest BCUT2D eigenvalue weighted by molar-refractivity contribution is 7.22. The lowest BCUT2D eigenvalue weighted by Crippen LogP contribution is -2.31. The molecule has 0 fully saturated rings. The Morgan fingerprint density at radius 2 is 2.21 bits per heavy atom. The highest BCUT2D eigenvalue weighted by Gasteiger charge is 2.05. The first-order valence-corrected chi connectivity index (χ1v) is 7.26. The number of thiazole rings is 1. The first-order chi connectivity index (χ1) is 9.04. The molecule has 102 valence electrons. The minimum atomic E-state index is 0.0689. The van der Waals surface area contributed by atoms with Gasteiger partial charge in [0.25, 0.3) is 0 Å². The maximum absolute atomic E-state index is 11.5. The van der Waals surface area contributed by atoms with Gasteiger partial charge in [-0.1, -0.05) is 17.4 Å². The lowest BCUT2D eigenvalue weighted by Gasteiger charge is -2.08. The lowest BCUT2D eigenvalue weighted by molar-refractivity contribution is -0.121. The van der Waals surface area contributed by atoms with Crippen LogP contribution in [-0.4, -0.2) is 23.5 Å². The van der Waals surface area contributed by atoms with E-state index in [4.69, 9.17) is 0 Å². The summed E-state index contributed by atoms with van der Waals surface area (Å²) in [5, 5.41) is 6.94. The lowest BCUT2D eigenvalue weighted by atomic mass is 10.2. The average Bonchev–Trinajstić information content (AvgIpc) is 2.69. The SMILES string of the molecule is Cc1ccc2sc(NCCC(=O)NC(C)C)nc2c1. The Morgan fingerprint density at radius 3 is 2.95 bits per heavy atom. The van der Waals surface area contributed by atoms with Crippen molar-refractivity contribution in [1.29, 1.82) is 0 Å². The monoisotopic (exact) mass is 277 g/mol. The van der Waals surface area contributed by atoms with E-state index in [0.29, 0.717) is 13.0 Å². The molecular weight excluding hydrogens is 258 g/mol. The number of hydrogen-bond acceptors (Lipinski definition) is 4. The topological polar surface area (TPSA) is 54.0 Å². The van der Waals surface area contributed by atoms with Crippen LogP contribution in [0.3, 0.4) is 0 Å². The Balaban J connectivity index is 1.89. The van der Waals surface area contributed by atoms with Crippen LogP contribution in [0.1, 0.15) is 25.8 Å². The van der Waals surface area contributed by atoms with Crippen LogP contribution in [0.15, 0.2) is 18.2 Å². The highest BCUT2D eigenvalue weighted by Crippen LogP contribution is 2.26. The largest absolute Gasteiger partial charge is 0.361 e. The van der Waals surface area contributed by atoms with E-state index in [9.17, 15) is 4.79 Å². The fraction of sp³-hybridized carbons (Fsp3) is 0.429. The fourth-order valence-corrected chi connectivity index (χ4v) is 2.66. The second kappa shape index (κ2) is 6.02. The number of amides is 1. The predicted molar refractivity (Wildman–Crippen MR) is 80.7 cm³/mol. The van der Waals surface area contributed by atoms with E-state index >= 15 is 0 Å². The summed E-state index contributed by atoms with van der Waals surface area (Å²) in [5.74, 6) is 0.0689. The summed E-state index contributed by atoms with van der Waals surface area (Å²) in [7, 11) is 0. The first kappa shape index (κ1) is 13.8. The van der Waals surface area contributed by atoms with Crippen molar-refractivity contribution in [2.45, 2.75) is 33.2 Å². The Labute approximate surface area is 117 Å². The molecule has 2 rings (SSSR count). The van der Waals surface area contributed by atoms with Crippen LogP contribution in [0.4, 0.5) is 5.13 Å². The molecule has 0 saturated carbocycles. The van der Waals surface area contributed by atoms with Crippen molar-refractivity contribution in [3.05, 3.63) is 23.8 Å². The zero-order valence-electron chi connectivity index (χ0n) is 11.5. The first-order valence-electron chi connectivity index (χ1n) is 6.45. The van der Waals surface area contributed by atoms with Gasteiger partial charge in [-0.05, 0) is 38.5 Å². The van der Waals surface area contributed by atoms with Gasteiger partial charge < -0.3 is 10.6 Å². The standard InChI is InChI=1S/C14H19N3OS/c1-9(2)16-13(18)6-7-15-14-17-11-8-10(3)4-5-12(11)19-14/h4-5,8-9H,6-7H2,1-3H3,(H,15,17)(H,16,18). The average molecular weight is 277 g/mol. The number of carbonyl (C=O) groups excluding carboxylic acids is 1. The van der Waals surface area contributed by atoms with Crippen molar-refractivity contribution >= 4 is 32.6 Å². The highest BCUT2D eigenvalue weighted by atomic mass is 32.1. The number of nitrogens with zero attached hydrogens (tertiary/aromatic N) is 1. The molecule has 0 unspecified atom stereocenters. The number of hydrogen-bond donors (Lipinski definition) is 2. The molecule has 0 spiro atoms. The van der Waals surface area contributed by atoms with Gasteiger partial charge >= 0.3 is 0 Å². The third kappa shape index (κ3) is 3.92. The van der Waals surface area contributed by atoms with Crippen LogP contribution >= 0.6 is 11.3 Å². The van der Waals surface area contributed by atoms with E-state index in [0.717, 1.165) is 10.6 Å². The van der Waals surface area contributed by atoms with Gasteiger partial charge in [-0.2, -0.15) is 0 Å². The molecule has 2 N–H and O–H groups in total. The van der Waals surface area contributed by atoms with Crippen molar-refractivity contribution in [1.82, 2.24) is 10.3 Å². The number of aryl methyl sites for hydroxylation is 1. The van der Waals surface area contributed by atoms with Crippen LogP contribution in [0.25, 0.3) is 10.2 Å². The Kier molecular flexibility index (Phi) is 4.37. The summed E-state index contributed by atoms with van der Waals surface area (Å²) < 4.78 is 1.17. The van der Waals surface area contributed by atoms with Gasteiger partial charge in [0.2, 0.25) is 5.91 Å². The predicted octanol–water partition coefficient (Wildman–Crippen LogP) is 2.93. The van der Waals surface area contributed by atoms with Gasteiger partial charge in [-0.3, -0.25) is 4.79 Å². The van der Waals surface area contributed by atoms with E-state index in [2.05, 4.69) is 40.7 Å². The molecule has 19 heavy (non-hydrogen) atoms. The quantitative estimate of drug-likeness (QED) is 0.883. The number of rotatable bonds is 5. The summed E-state index contributed by atoms with van der Waals surface area (Å²) in [6, 6.07) is 6.43. The molecule has 0 atom stereocenters.